The Kier molecular flexibility index (Phi) is 11.2. The van der Waals surface area contributed by atoms with Crippen molar-refractivity contribution in [3.63, 3.8) is 0 Å². The van der Waals surface area contributed by atoms with Crippen LogP contribution in [-0.4, -0.2) is 8.07 Å². The van der Waals surface area contributed by atoms with Crippen LogP contribution in [-0.2, 0) is 20.4 Å². The number of rotatable bonds is 4. The molecule has 0 fully saturated rings. The van der Waals surface area contributed by atoms with Crippen molar-refractivity contribution in [1.82, 2.24) is 0 Å². The molecular weight excluding hydrogens is 555 g/mol. The smallest absolute Gasteiger partial charge is 1.00 e. The van der Waals surface area contributed by atoms with E-state index in [9.17, 15) is 0 Å². The Bertz CT molecular complexity index is 1140. The Morgan fingerprint density at radius 2 is 0.778 bits per heavy atom. The van der Waals surface area contributed by atoms with Gasteiger partial charge in [0, 0.05) is 0 Å². The first kappa shape index (κ1) is 33.0. The summed E-state index contributed by atoms with van der Waals surface area (Å²) in [5, 5.41) is 4.53. The van der Waals surface area contributed by atoms with Gasteiger partial charge in [-0.1, -0.05) is 0 Å². The van der Waals surface area contributed by atoms with Crippen LogP contribution in [0.1, 0.15) is 47.2 Å². The summed E-state index contributed by atoms with van der Waals surface area (Å²) in [4.78, 5) is 0. The van der Waals surface area contributed by atoms with Gasteiger partial charge < -0.3 is 37.2 Å². The third kappa shape index (κ3) is 5.53. The molecule has 36 heavy (non-hydrogen) atoms. The molecule has 0 saturated carbocycles. The van der Waals surface area contributed by atoms with Gasteiger partial charge in [0.1, 0.15) is 0 Å². The zero-order valence-corrected chi connectivity index (χ0v) is 27.3. The Morgan fingerprint density at radius 1 is 0.500 bits per heavy atom. The van der Waals surface area contributed by atoms with Crippen molar-refractivity contribution in [2.24, 2.45) is 0 Å². The van der Waals surface area contributed by atoms with Crippen LogP contribution in [0.15, 0.2) is 77.9 Å². The summed E-state index contributed by atoms with van der Waals surface area (Å²) in [6.45, 7) is 18.1. The molecule has 5 heteroatoms. The van der Waals surface area contributed by atoms with Crippen molar-refractivity contribution in [1.29, 1.82) is 0 Å². The maximum absolute atomic E-state index is 2.55. The van der Waals surface area contributed by atoms with Crippen LogP contribution in [0.3, 0.4) is 0 Å². The maximum Gasteiger partial charge on any atom is -1.00 e. The Labute approximate surface area is 249 Å². The van der Waals surface area contributed by atoms with Crippen LogP contribution in [0.25, 0.3) is 0 Å². The van der Waals surface area contributed by atoms with Crippen LogP contribution < -0.4 is 52.8 Å². The molecule has 0 saturated heterocycles. The Balaban J connectivity index is 0.00000216. The molecule has 0 N–H and O–H groups in total. The number of benzene rings is 3. The van der Waals surface area contributed by atoms with Gasteiger partial charge in [-0.25, -0.2) is 0 Å². The van der Waals surface area contributed by atoms with Crippen molar-refractivity contribution in [2.75, 3.05) is 0 Å². The summed E-state index contributed by atoms with van der Waals surface area (Å²) in [6.07, 6.45) is 4.89. The van der Waals surface area contributed by atoms with Gasteiger partial charge in [-0.3, -0.25) is 0 Å². The molecule has 1 unspecified atom stereocenters. The third-order valence-electron chi connectivity index (χ3n) is 7.32. The first-order chi connectivity index (χ1) is 15.5. The van der Waals surface area contributed by atoms with E-state index < -0.39 is 8.07 Å². The van der Waals surface area contributed by atoms with Gasteiger partial charge >= 0.3 is 214 Å². The summed E-state index contributed by atoms with van der Waals surface area (Å²) in [5.74, 6) is 0. The molecule has 0 radical (unpaired) electrons. The van der Waals surface area contributed by atoms with Crippen molar-refractivity contribution in [3.05, 3.63) is 111 Å². The molecule has 0 nitrogen and oxygen atoms in total. The fourth-order valence-electron chi connectivity index (χ4n) is 5.97. The van der Waals surface area contributed by atoms with Crippen molar-refractivity contribution < 1.29 is 57.7 Å². The van der Waals surface area contributed by atoms with E-state index >= 15 is 0 Å². The first-order valence-electron chi connectivity index (χ1n) is 11.9. The van der Waals surface area contributed by atoms with Crippen LogP contribution in [0.4, 0.5) is 0 Å². The van der Waals surface area contributed by atoms with Crippen LogP contribution in [0, 0.1) is 41.5 Å². The average molecular weight is 590 g/mol. The van der Waals surface area contributed by atoms with Crippen LogP contribution in [0.5, 0.6) is 0 Å². The minimum absolute atomic E-state index is 0. The molecule has 0 aromatic heterocycles. The SMILES string of the molecule is CC1=C(C)[C]([Ti+3])([Si](c2cc(C)cc(C)c2)(c2cc(C)cc(C)c2)c2cc(C)cc(C)c2)C=C1.[Cl-].[Cl-].[Cl-]. The molecule has 0 aliphatic heterocycles. The zero-order valence-electron chi connectivity index (χ0n) is 22.5. The summed E-state index contributed by atoms with van der Waals surface area (Å²) >= 11 is 2.51. The molecule has 0 spiro atoms. The van der Waals surface area contributed by atoms with Gasteiger partial charge in [0.05, 0.1) is 0 Å². The van der Waals surface area contributed by atoms with E-state index in [1.165, 1.54) is 60.1 Å². The summed E-state index contributed by atoms with van der Waals surface area (Å²) in [6, 6.07) is 21.8. The first-order valence-corrected chi connectivity index (χ1v) is 14.6. The van der Waals surface area contributed by atoms with E-state index in [1.54, 1.807) is 0 Å². The second kappa shape index (κ2) is 12.2. The third-order valence-corrected chi connectivity index (χ3v) is 15.1. The maximum atomic E-state index is 2.52. The standard InChI is InChI=1S/C31H35Si.3ClH.Ti/c1-20-11-21(2)15-28(14-20)32(31-10-9-26(7)27(31)8,29-16-22(3)12-23(4)17-29)30-18-24(5)13-25(6)19-30;;;;/h9-19H,1-8H3;3*1H;/q;;;;+3/p-3. The van der Waals surface area contributed by atoms with Crippen molar-refractivity contribution in [3.8, 4) is 0 Å². The molecule has 0 bridgehead atoms. The van der Waals surface area contributed by atoms with E-state index in [4.69, 9.17) is 0 Å². The second-order valence-corrected chi connectivity index (χ2v) is 16.4. The topological polar surface area (TPSA) is 0 Å². The molecule has 1 aliphatic rings. The average Bonchev–Trinajstić information content (AvgIpc) is 2.95. The van der Waals surface area contributed by atoms with E-state index in [-0.39, 0.29) is 40.6 Å². The predicted octanol–water partition coefficient (Wildman–Crippen LogP) is -2.83. The summed E-state index contributed by atoms with van der Waals surface area (Å²) in [5.41, 5.74) is 11.0. The molecule has 0 heterocycles. The molecule has 3 aromatic rings. The molecule has 4 rings (SSSR count). The second-order valence-electron chi connectivity index (χ2n) is 10.3. The zero-order chi connectivity index (χ0) is 24.1. The van der Waals surface area contributed by atoms with Gasteiger partial charge in [0.2, 0.25) is 0 Å². The van der Waals surface area contributed by atoms with Gasteiger partial charge in [0.25, 0.3) is 0 Å². The van der Waals surface area contributed by atoms with Gasteiger partial charge in [-0.2, -0.15) is 0 Å². The number of aryl methyl sites for hydroxylation is 6. The predicted molar refractivity (Wildman–Crippen MR) is 143 cm³/mol. The molecular formula is C31H35Cl3SiTi. The number of hydrogen-bond donors (Lipinski definition) is 0. The van der Waals surface area contributed by atoms with Crippen molar-refractivity contribution >= 4 is 23.6 Å². The molecule has 1 atom stereocenters. The van der Waals surface area contributed by atoms with E-state index in [0.717, 1.165) is 0 Å². The number of halogens is 3. The quantitative estimate of drug-likeness (QED) is 0.228. The monoisotopic (exact) mass is 588 g/mol. The van der Waals surface area contributed by atoms with E-state index in [0.29, 0.717) is 0 Å². The van der Waals surface area contributed by atoms with Gasteiger partial charge in [-0.15, -0.1) is 0 Å². The molecule has 188 valence electrons. The van der Waals surface area contributed by atoms with Crippen molar-refractivity contribution in [2.45, 2.75) is 58.7 Å². The largest absolute Gasteiger partial charge is 1.00 e. The Morgan fingerprint density at radius 3 is 1.00 bits per heavy atom. The normalized spacial score (nSPS) is 16.8. The Hall–Kier alpha value is -1.06. The van der Waals surface area contributed by atoms with E-state index in [2.05, 4.69) is 143 Å². The summed E-state index contributed by atoms with van der Waals surface area (Å²) in [7, 11) is -2.55. The van der Waals surface area contributed by atoms with Crippen LogP contribution >= 0.6 is 0 Å². The molecule has 3 aromatic carbocycles. The fourth-order valence-corrected chi connectivity index (χ4v) is 14.6. The molecule has 1 aliphatic carbocycles. The minimum atomic E-state index is -2.55. The number of allylic oxidation sites excluding steroid dienone is 4. The van der Waals surface area contributed by atoms with E-state index in [1.807, 2.05) is 0 Å². The number of hydrogen-bond acceptors (Lipinski definition) is 0. The van der Waals surface area contributed by atoms with Gasteiger partial charge in [-0.05, 0) is 0 Å². The van der Waals surface area contributed by atoms with Gasteiger partial charge in [0.15, 0.2) is 0 Å². The minimum Gasteiger partial charge on any atom is -1.00 e. The fraction of sp³-hybridized carbons (Fsp3) is 0.290. The van der Waals surface area contributed by atoms with Crippen LogP contribution in [0.2, 0.25) is 3.34 Å². The molecule has 0 amide bonds. The summed E-state index contributed by atoms with van der Waals surface area (Å²) < 4.78 is -0.0578.